The number of nitrogens with one attached hydrogen (secondary N) is 1. The maximum absolute atomic E-state index is 12.0. The van der Waals surface area contributed by atoms with Gasteiger partial charge in [-0.15, -0.1) is 0 Å². The molecule has 0 unspecified atom stereocenters. The molecule has 2 atom stereocenters. The third kappa shape index (κ3) is 1.54. The van der Waals surface area contributed by atoms with Gasteiger partial charge in [-0.3, -0.25) is 9.69 Å². The largest absolute Gasteiger partial charge is 0.469 e. The first-order valence-corrected chi connectivity index (χ1v) is 7.21. The molecule has 4 nitrogen and oxygen atoms in total. The number of para-hydroxylation sites is 1. The fourth-order valence-electron chi connectivity index (χ4n) is 3.89. The number of hydrogen-bond acceptors (Lipinski definition) is 3. The lowest BCUT2D eigenvalue weighted by Gasteiger charge is -2.31. The number of carbonyl (C=O) groups excluding carboxylic acids is 1. The van der Waals surface area contributed by atoms with Gasteiger partial charge in [-0.25, -0.2) is 0 Å². The Morgan fingerprint density at radius 1 is 1.35 bits per heavy atom. The number of benzene rings is 1. The molecule has 0 saturated carbocycles. The van der Waals surface area contributed by atoms with Crippen LogP contribution in [0.3, 0.4) is 0 Å². The summed E-state index contributed by atoms with van der Waals surface area (Å²) in [4.78, 5) is 18.0. The highest BCUT2D eigenvalue weighted by Crippen LogP contribution is 2.43. The Bertz CT molecular complexity index is 676. The minimum atomic E-state index is -0.0796. The van der Waals surface area contributed by atoms with Crippen LogP contribution in [0.4, 0.5) is 0 Å². The molecule has 0 bridgehead atoms. The summed E-state index contributed by atoms with van der Waals surface area (Å²) in [6, 6.07) is 8.57. The van der Waals surface area contributed by atoms with Gasteiger partial charge >= 0.3 is 5.97 Å². The van der Waals surface area contributed by atoms with Gasteiger partial charge in [-0.2, -0.15) is 0 Å². The van der Waals surface area contributed by atoms with Crippen LogP contribution in [0.15, 0.2) is 24.3 Å². The standard InChI is InChI=1S/C16H18N2O2/c1-20-16(19)12-7-9-18-8-6-11-10-4-2-3-5-13(10)17-14(11)15(12)18/h2-5,12,15,17H,6-9H2,1H3/t12-,15-/m1/s1. The molecular formula is C16H18N2O2. The fourth-order valence-corrected chi connectivity index (χ4v) is 3.89. The number of hydrogen-bond donors (Lipinski definition) is 1. The van der Waals surface area contributed by atoms with Crippen LogP contribution < -0.4 is 0 Å². The van der Waals surface area contributed by atoms with E-state index in [1.165, 1.54) is 29.3 Å². The van der Waals surface area contributed by atoms with E-state index < -0.39 is 0 Å². The highest BCUT2D eigenvalue weighted by atomic mass is 16.5. The molecule has 2 aromatic rings. The van der Waals surface area contributed by atoms with Crippen molar-refractivity contribution < 1.29 is 9.53 Å². The average Bonchev–Trinajstić information content (AvgIpc) is 3.07. The lowest BCUT2D eigenvalue weighted by atomic mass is 9.91. The maximum Gasteiger partial charge on any atom is 0.310 e. The molecule has 20 heavy (non-hydrogen) atoms. The minimum absolute atomic E-state index is 0.0351. The Morgan fingerprint density at radius 2 is 2.20 bits per heavy atom. The van der Waals surface area contributed by atoms with E-state index >= 15 is 0 Å². The summed E-state index contributed by atoms with van der Waals surface area (Å²) in [5, 5.41) is 1.30. The molecule has 4 rings (SSSR count). The van der Waals surface area contributed by atoms with Crippen molar-refractivity contribution in [1.29, 1.82) is 0 Å². The van der Waals surface area contributed by atoms with Crippen LogP contribution in [0.1, 0.15) is 23.7 Å². The first kappa shape index (κ1) is 12.0. The number of carbonyl (C=O) groups is 1. The van der Waals surface area contributed by atoms with Crippen molar-refractivity contribution in [2.24, 2.45) is 5.92 Å². The third-order valence-electron chi connectivity index (χ3n) is 4.80. The van der Waals surface area contributed by atoms with Crippen molar-refractivity contribution in [2.45, 2.75) is 18.9 Å². The summed E-state index contributed by atoms with van der Waals surface area (Å²) in [5.74, 6) is -0.115. The van der Waals surface area contributed by atoms with Gasteiger partial charge in [0.15, 0.2) is 0 Å². The highest BCUT2D eigenvalue weighted by molar-refractivity contribution is 5.85. The molecule has 1 N–H and O–H groups in total. The molecule has 2 aliphatic rings. The van der Waals surface area contributed by atoms with Crippen molar-refractivity contribution in [3.63, 3.8) is 0 Å². The van der Waals surface area contributed by atoms with Crippen molar-refractivity contribution in [1.82, 2.24) is 9.88 Å². The van der Waals surface area contributed by atoms with Crippen LogP contribution in [0.25, 0.3) is 10.9 Å². The molecule has 4 heteroatoms. The molecule has 1 aromatic heterocycles. The van der Waals surface area contributed by atoms with Gasteiger partial charge in [-0.05, 0) is 31.0 Å². The number of aromatic nitrogens is 1. The van der Waals surface area contributed by atoms with E-state index in [0.29, 0.717) is 0 Å². The molecule has 0 amide bonds. The molecule has 0 aliphatic carbocycles. The lowest BCUT2D eigenvalue weighted by molar-refractivity contribution is -0.146. The van der Waals surface area contributed by atoms with Crippen LogP contribution in [0.5, 0.6) is 0 Å². The molecule has 1 aromatic carbocycles. The lowest BCUT2D eigenvalue weighted by Crippen LogP contribution is -2.34. The first-order valence-electron chi connectivity index (χ1n) is 7.21. The van der Waals surface area contributed by atoms with E-state index in [9.17, 15) is 4.79 Å². The van der Waals surface area contributed by atoms with Crippen molar-refractivity contribution in [3.8, 4) is 0 Å². The average molecular weight is 270 g/mol. The zero-order chi connectivity index (χ0) is 13.7. The molecule has 0 spiro atoms. The van der Waals surface area contributed by atoms with E-state index in [2.05, 4.69) is 34.1 Å². The molecular weight excluding hydrogens is 252 g/mol. The maximum atomic E-state index is 12.0. The molecule has 1 saturated heterocycles. The van der Waals surface area contributed by atoms with Crippen LogP contribution >= 0.6 is 0 Å². The van der Waals surface area contributed by atoms with E-state index in [1.54, 1.807) is 0 Å². The second kappa shape index (κ2) is 4.35. The number of ether oxygens (including phenoxy) is 1. The molecule has 2 aliphatic heterocycles. The van der Waals surface area contributed by atoms with Crippen LogP contribution in [0, 0.1) is 5.92 Å². The van der Waals surface area contributed by atoms with Crippen LogP contribution in [-0.2, 0) is 16.0 Å². The van der Waals surface area contributed by atoms with Gasteiger partial charge in [0.1, 0.15) is 0 Å². The second-order valence-corrected chi connectivity index (χ2v) is 5.71. The normalized spacial score (nSPS) is 25.4. The highest BCUT2D eigenvalue weighted by Gasteiger charge is 2.44. The van der Waals surface area contributed by atoms with Gasteiger partial charge < -0.3 is 9.72 Å². The number of H-pyrrole nitrogens is 1. The number of fused-ring (bicyclic) bond motifs is 5. The summed E-state index contributed by atoms with van der Waals surface area (Å²) < 4.78 is 4.99. The van der Waals surface area contributed by atoms with E-state index in [-0.39, 0.29) is 17.9 Å². The van der Waals surface area contributed by atoms with Gasteiger partial charge in [0, 0.05) is 23.1 Å². The van der Waals surface area contributed by atoms with Crippen LogP contribution in [-0.4, -0.2) is 36.1 Å². The summed E-state index contributed by atoms with van der Waals surface area (Å²) in [6.07, 6.45) is 1.95. The third-order valence-corrected chi connectivity index (χ3v) is 4.80. The SMILES string of the molecule is COC(=O)[C@@H]1CCN2CCc3c([nH]c4ccccc34)[C@@H]12. The Morgan fingerprint density at radius 3 is 3.05 bits per heavy atom. The second-order valence-electron chi connectivity index (χ2n) is 5.71. The Kier molecular flexibility index (Phi) is 2.60. The molecule has 0 radical (unpaired) electrons. The van der Waals surface area contributed by atoms with E-state index in [1.807, 2.05) is 0 Å². The molecule has 1 fully saturated rings. The van der Waals surface area contributed by atoms with Crippen molar-refractivity contribution in [3.05, 3.63) is 35.5 Å². The summed E-state index contributed by atoms with van der Waals surface area (Å²) in [6.45, 7) is 2.02. The summed E-state index contributed by atoms with van der Waals surface area (Å²) >= 11 is 0. The topological polar surface area (TPSA) is 45.3 Å². The predicted octanol–water partition coefficient (Wildman–Crippen LogP) is 2.26. The molecule has 104 valence electrons. The summed E-state index contributed by atoms with van der Waals surface area (Å²) in [5.41, 5.74) is 3.79. The molecule has 3 heterocycles. The monoisotopic (exact) mass is 270 g/mol. The van der Waals surface area contributed by atoms with Crippen molar-refractivity contribution >= 4 is 16.9 Å². The van der Waals surface area contributed by atoms with E-state index in [0.717, 1.165) is 25.9 Å². The zero-order valence-corrected chi connectivity index (χ0v) is 11.6. The number of rotatable bonds is 1. The van der Waals surface area contributed by atoms with Gasteiger partial charge in [0.05, 0.1) is 19.1 Å². The van der Waals surface area contributed by atoms with Crippen molar-refractivity contribution in [2.75, 3.05) is 20.2 Å². The van der Waals surface area contributed by atoms with Gasteiger partial charge in [0.25, 0.3) is 0 Å². The Hall–Kier alpha value is -1.81. The number of nitrogens with zero attached hydrogens (tertiary/aromatic N) is 1. The van der Waals surface area contributed by atoms with Crippen LogP contribution in [0.2, 0.25) is 0 Å². The number of methoxy groups -OCH3 is 1. The van der Waals surface area contributed by atoms with Gasteiger partial charge in [-0.1, -0.05) is 18.2 Å². The quantitative estimate of drug-likeness (QED) is 0.808. The number of esters is 1. The number of aromatic amines is 1. The van der Waals surface area contributed by atoms with E-state index in [4.69, 9.17) is 4.74 Å². The first-order chi connectivity index (χ1) is 9.79. The zero-order valence-electron chi connectivity index (χ0n) is 11.6. The fraction of sp³-hybridized carbons (Fsp3) is 0.438. The Labute approximate surface area is 117 Å². The predicted molar refractivity (Wildman–Crippen MR) is 76.4 cm³/mol. The Balaban J connectivity index is 1.85. The summed E-state index contributed by atoms with van der Waals surface area (Å²) in [7, 11) is 1.49. The smallest absolute Gasteiger partial charge is 0.310 e. The minimum Gasteiger partial charge on any atom is -0.469 e. The van der Waals surface area contributed by atoms with Gasteiger partial charge in [0.2, 0.25) is 0 Å².